The second-order valence-electron chi connectivity index (χ2n) is 3.80. The van der Waals surface area contributed by atoms with E-state index in [1.807, 2.05) is 36.0 Å². The van der Waals surface area contributed by atoms with Gasteiger partial charge in [0, 0.05) is 11.0 Å². The fraction of sp³-hybridized carbons (Fsp3) is 0.357. The Hall–Kier alpha value is -1.22. The zero-order valence-electron chi connectivity index (χ0n) is 10.1. The van der Waals surface area contributed by atoms with Crippen LogP contribution in [0.25, 0.3) is 6.08 Å². The van der Waals surface area contributed by atoms with Crippen molar-refractivity contribution in [2.75, 3.05) is 5.75 Å². The maximum absolute atomic E-state index is 10.4. The minimum absolute atomic E-state index is 0.914. The molecule has 0 fully saturated rings. The zero-order chi connectivity index (χ0) is 12.5. The van der Waals surface area contributed by atoms with E-state index in [1.165, 1.54) is 24.2 Å². The van der Waals surface area contributed by atoms with E-state index in [2.05, 4.69) is 6.92 Å². The topological polar surface area (TPSA) is 37.3 Å². The van der Waals surface area contributed by atoms with E-state index in [4.69, 9.17) is 5.11 Å². The lowest BCUT2D eigenvalue weighted by Gasteiger charge is -2.01. The lowest BCUT2D eigenvalue weighted by molar-refractivity contribution is -0.131. The molecule has 0 saturated heterocycles. The van der Waals surface area contributed by atoms with E-state index in [1.54, 1.807) is 6.08 Å². The van der Waals surface area contributed by atoms with E-state index in [-0.39, 0.29) is 0 Å². The molecular weight excluding hydrogens is 232 g/mol. The minimum Gasteiger partial charge on any atom is -0.478 e. The summed E-state index contributed by atoms with van der Waals surface area (Å²) in [6.07, 6.45) is 6.55. The lowest BCUT2D eigenvalue weighted by Crippen LogP contribution is -1.85. The monoisotopic (exact) mass is 250 g/mol. The number of carboxylic acid groups (broad SMARTS) is 1. The van der Waals surface area contributed by atoms with Gasteiger partial charge in [0.25, 0.3) is 0 Å². The van der Waals surface area contributed by atoms with Gasteiger partial charge in [0.2, 0.25) is 0 Å². The van der Waals surface area contributed by atoms with Crippen molar-refractivity contribution in [3.05, 3.63) is 35.9 Å². The summed E-state index contributed by atoms with van der Waals surface area (Å²) < 4.78 is 0. The van der Waals surface area contributed by atoms with E-state index in [9.17, 15) is 4.79 Å². The molecule has 0 bridgehead atoms. The van der Waals surface area contributed by atoms with Gasteiger partial charge in [0.05, 0.1) is 0 Å². The molecule has 0 aliphatic heterocycles. The van der Waals surface area contributed by atoms with Crippen molar-refractivity contribution in [3.8, 4) is 0 Å². The predicted molar refractivity (Wildman–Crippen MR) is 73.4 cm³/mol. The standard InChI is InChI=1S/C14H18O2S/c1-2-3-4-11-17-13-8-5-12(6-9-13)7-10-14(15)16/h5-10H,2-4,11H2,1H3,(H,15,16)/b10-7+. The van der Waals surface area contributed by atoms with Crippen molar-refractivity contribution >= 4 is 23.8 Å². The molecule has 0 saturated carbocycles. The predicted octanol–water partition coefficient (Wildman–Crippen LogP) is 4.07. The first-order valence-corrected chi connectivity index (χ1v) is 6.85. The fourth-order valence-corrected chi connectivity index (χ4v) is 2.30. The molecule has 92 valence electrons. The molecule has 1 aromatic carbocycles. The van der Waals surface area contributed by atoms with Crippen molar-refractivity contribution in [2.45, 2.75) is 31.1 Å². The highest BCUT2D eigenvalue weighted by atomic mass is 32.2. The van der Waals surface area contributed by atoms with Crippen LogP contribution in [0.2, 0.25) is 0 Å². The number of hydrogen-bond donors (Lipinski definition) is 1. The van der Waals surface area contributed by atoms with Gasteiger partial charge in [0.15, 0.2) is 0 Å². The Morgan fingerprint density at radius 3 is 2.59 bits per heavy atom. The summed E-state index contributed by atoms with van der Waals surface area (Å²) in [7, 11) is 0. The Morgan fingerprint density at radius 2 is 2.00 bits per heavy atom. The van der Waals surface area contributed by atoms with Gasteiger partial charge < -0.3 is 5.11 Å². The van der Waals surface area contributed by atoms with Crippen LogP contribution >= 0.6 is 11.8 Å². The van der Waals surface area contributed by atoms with Crippen LogP contribution in [0.5, 0.6) is 0 Å². The summed E-state index contributed by atoms with van der Waals surface area (Å²) in [6, 6.07) is 7.97. The Balaban J connectivity index is 2.42. The Labute approximate surface area is 107 Å². The van der Waals surface area contributed by atoms with E-state index in [0.717, 1.165) is 17.4 Å². The molecule has 0 aromatic heterocycles. The van der Waals surface area contributed by atoms with Crippen LogP contribution < -0.4 is 0 Å². The number of aliphatic carboxylic acids is 1. The third-order valence-electron chi connectivity index (χ3n) is 2.32. The molecule has 0 heterocycles. The first kappa shape index (κ1) is 13.8. The lowest BCUT2D eigenvalue weighted by atomic mass is 10.2. The maximum Gasteiger partial charge on any atom is 0.328 e. The van der Waals surface area contributed by atoms with Gasteiger partial charge in [-0.3, -0.25) is 0 Å². The SMILES string of the molecule is CCCCCSc1ccc(/C=C/C(=O)O)cc1. The number of thioether (sulfide) groups is 1. The maximum atomic E-state index is 10.4. The van der Waals surface area contributed by atoms with Crippen LogP contribution in [-0.4, -0.2) is 16.8 Å². The Kier molecular flexibility index (Phi) is 6.48. The van der Waals surface area contributed by atoms with Crippen LogP contribution in [0, 0.1) is 0 Å². The Morgan fingerprint density at radius 1 is 1.29 bits per heavy atom. The van der Waals surface area contributed by atoms with Crippen LogP contribution in [0.1, 0.15) is 31.7 Å². The van der Waals surface area contributed by atoms with Gasteiger partial charge in [-0.2, -0.15) is 0 Å². The van der Waals surface area contributed by atoms with E-state index >= 15 is 0 Å². The van der Waals surface area contributed by atoms with Gasteiger partial charge in [-0.1, -0.05) is 31.9 Å². The van der Waals surface area contributed by atoms with Crippen LogP contribution in [0.15, 0.2) is 35.2 Å². The van der Waals surface area contributed by atoms with E-state index < -0.39 is 5.97 Å². The quantitative estimate of drug-likeness (QED) is 0.450. The summed E-state index contributed by atoms with van der Waals surface area (Å²) in [5.41, 5.74) is 0.922. The van der Waals surface area contributed by atoms with Crippen molar-refractivity contribution < 1.29 is 9.90 Å². The van der Waals surface area contributed by atoms with Crippen molar-refractivity contribution in [1.29, 1.82) is 0 Å². The third kappa shape index (κ3) is 6.17. The summed E-state index contributed by atoms with van der Waals surface area (Å²) in [5, 5.41) is 8.51. The van der Waals surface area contributed by atoms with E-state index in [0.29, 0.717) is 0 Å². The van der Waals surface area contributed by atoms with Crippen molar-refractivity contribution in [2.24, 2.45) is 0 Å². The van der Waals surface area contributed by atoms with Gasteiger partial charge >= 0.3 is 5.97 Å². The first-order chi connectivity index (χ1) is 8.22. The summed E-state index contributed by atoms with van der Waals surface area (Å²) in [6.45, 7) is 2.20. The average Bonchev–Trinajstić information content (AvgIpc) is 2.33. The number of hydrogen-bond acceptors (Lipinski definition) is 2. The van der Waals surface area contributed by atoms with Crippen molar-refractivity contribution in [1.82, 2.24) is 0 Å². The average molecular weight is 250 g/mol. The van der Waals surface area contributed by atoms with Gasteiger partial charge in [-0.25, -0.2) is 4.79 Å². The van der Waals surface area contributed by atoms with Gasteiger partial charge in [-0.05, 0) is 35.9 Å². The highest BCUT2D eigenvalue weighted by Gasteiger charge is 1.94. The number of benzene rings is 1. The second-order valence-corrected chi connectivity index (χ2v) is 4.96. The van der Waals surface area contributed by atoms with Crippen LogP contribution in [-0.2, 0) is 4.79 Å². The molecular formula is C14H18O2S. The molecule has 1 rings (SSSR count). The highest BCUT2D eigenvalue weighted by molar-refractivity contribution is 7.99. The summed E-state index contributed by atoms with van der Waals surface area (Å²) in [5.74, 6) is 0.237. The first-order valence-electron chi connectivity index (χ1n) is 5.86. The smallest absolute Gasteiger partial charge is 0.328 e. The number of unbranched alkanes of at least 4 members (excludes halogenated alkanes) is 2. The molecule has 0 unspecified atom stereocenters. The molecule has 0 aliphatic carbocycles. The molecule has 17 heavy (non-hydrogen) atoms. The number of carbonyl (C=O) groups is 1. The molecule has 2 nitrogen and oxygen atoms in total. The van der Waals surface area contributed by atoms with Gasteiger partial charge in [0.1, 0.15) is 0 Å². The fourth-order valence-electron chi connectivity index (χ4n) is 1.38. The highest BCUT2D eigenvalue weighted by Crippen LogP contribution is 2.20. The number of carboxylic acids is 1. The largest absolute Gasteiger partial charge is 0.478 e. The molecule has 0 amide bonds. The minimum atomic E-state index is -0.914. The molecule has 3 heteroatoms. The number of rotatable bonds is 7. The molecule has 0 radical (unpaired) electrons. The van der Waals surface area contributed by atoms with Crippen LogP contribution in [0.4, 0.5) is 0 Å². The van der Waals surface area contributed by atoms with Crippen LogP contribution in [0.3, 0.4) is 0 Å². The normalized spacial score (nSPS) is 10.9. The van der Waals surface area contributed by atoms with Crippen molar-refractivity contribution in [3.63, 3.8) is 0 Å². The molecule has 0 spiro atoms. The molecule has 1 aromatic rings. The molecule has 1 N–H and O–H groups in total. The summed E-state index contributed by atoms with van der Waals surface area (Å²) in [4.78, 5) is 11.6. The molecule has 0 atom stereocenters. The summed E-state index contributed by atoms with van der Waals surface area (Å²) >= 11 is 1.85. The zero-order valence-corrected chi connectivity index (χ0v) is 10.9. The second kappa shape index (κ2) is 7.96. The Bertz CT molecular complexity index is 368. The molecule has 0 aliphatic rings. The third-order valence-corrected chi connectivity index (χ3v) is 3.41. The van der Waals surface area contributed by atoms with Gasteiger partial charge in [-0.15, -0.1) is 11.8 Å².